The lowest BCUT2D eigenvalue weighted by molar-refractivity contribution is 0.550. The van der Waals surface area contributed by atoms with Crippen LogP contribution in [0.2, 0.25) is 0 Å². The number of nitrogens with zero attached hydrogens (tertiary/aromatic N) is 2. The van der Waals surface area contributed by atoms with Gasteiger partial charge in [-0.3, -0.25) is 4.31 Å². The van der Waals surface area contributed by atoms with Crippen LogP contribution in [-0.4, -0.2) is 20.4 Å². The smallest absolute Gasteiger partial charge is 0.268 e. The zero-order valence-electron chi connectivity index (χ0n) is 10.4. The quantitative estimate of drug-likeness (QED) is 0.876. The van der Waals surface area contributed by atoms with Gasteiger partial charge in [-0.2, -0.15) is 0 Å². The predicted octanol–water partition coefficient (Wildman–Crippen LogP) is 1.77. The Balaban J connectivity index is 2.54. The molecule has 0 saturated carbocycles. The Hall–Kier alpha value is -2.22. The van der Waals surface area contributed by atoms with Crippen molar-refractivity contribution in [3.05, 3.63) is 48.2 Å². The van der Waals surface area contributed by atoms with E-state index in [-0.39, 0.29) is 5.82 Å². The summed E-state index contributed by atoms with van der Waals surface area (Å²) in [6, 6.07) is 5.83. The van der Waals surface area contributed by atoms with Crippen molar-refractivity contribution in [1.29, 1.82) is 0 Å². The van der Waals surface area contributed by atoms with Crippen LogP contribution in [0.5, 0.6) is 0 Å². The first-order valence-corrected chi connectivity index (χ1v) is 6.92. The van der Waals surface area contributed by atoms with Crippen molar-refractivity contribution in [3.8, 4) is 0 Å². The van der Waals surface area contributed by atoms with E-state index in [0.717, 1.165) is 10.4 Å². The van der Waals surface area contributed by atoms with Crippen molar-refractivity contribution in [2.75, 3.05) is 17.1 Å². The van der Waals surface area contributed by atoms with Gasteiger partial charge in [0.15, 0.2) is 0 Å². The molecule has 5 nitrogen and oxygen atoms in total. The number of nitrogens with two attached hydrogens (primary N) is 1. The summed E-state index contributed by atoms with van der Waals surface area (Å²) in [5.74, 6) is -2.11. The van der Waals surface area contributed by atoms with Gasteiger partial charge in [0, 0.05) is 19.3 Å². The second-order valence-electron chi connectivity index (χ2n) is 3.96. The van der Waals surface area contributed by atoms with E-state index < -0.39 is 32.2 Å². The van der Waals surface area contributed by atoms with Gasteiger partial charge >= 0.3 is 0 Å². The number of benzene rings is 1. The first-order chi connectivity index (χ1) is 9.34. The predicted molar refractivity (Wildman–Crippen MR) is 70.6 cm³/mol. The van der Waals surface area contributed by atoms with E-state index in [1.165, 1.54) is 19.3 Å². The summed E-state index contributed by atoms with van der Waals surface area (Å²) in [7, 11) is -2.99. The Morgan fingerprint density at radius 3 is 2.50 bits per heavy atom. The maximum atomic E-state index is 13.7. The number of rotatable bonds is 3. The fourth-order valence-electron chi connectivity index (χ4n) is 1.55. The molecule has 0 radical (unpaired) electrons. The average Bonchev–Trinajstić information content (AvgIpc) is 2.42. The highest BCUT2D eigenvalue weighted by Crippen LogP contribution is 2.25. The molecule has 0 fully saturated rings. The molecular weight excluding hydrogens is 288 g/mol. The monoisotopic (exact) mass is 299 g/mol. The van der Waals surface area contributed by atoms with Gasteiger partial charge in [0.1, 0.15) is 22.3 Å². The van der Waals surface area contributed by atoms with Gasteiger partial charge < -0.3 is 5.73 Å². The van der Waals surface area contributed by atoms with Gasteiger partial charge in [0.25, 0.3) is 10.0 Å². The minimum Gasteiger partial charge on any atom is -0.396 e. The van der Waals surface area contributed by atoms with Gasteiger partial charge in [-0.05, 0) is 18.2 Å². The summed E-state index contributed by atoms with van der Waals surface area (Å²) in [6.07, 6.45) is 1.40. The number of nitrogen functional groups attached to an aromatic ring is 1. The molecule has 1 aromatic carbocycles. The highest BCUT2D eigenvalue weighted by Gasteiger charge is 2.26. The number of halogens is 2. The highest BCUT2D eigenvalue weighted by atomic mass is 32.2. The molecule has 0 aliphatic carbocycles. The molecule has 0 unspecified atom stereocenters. The highest BCUT2D eigenvalue weighted by molar-refractivity contribution is 7.92. The molecule has 20 heavy (non-hydrogen) atoms. The number of hydrogen-bond donors (Lipinski definition) is 1. The maximum Gasteiger partial charge on any atom is 0.268 e. The van der Waals surface area contributed by atoms with Crippen molar-refractivity contribution in [2.45, 2.75) is 4.90 Å². The van der Waals surface area contributed by atoms with E-state index in [4.69, 9.17) is 5.73 Å². The molecule has 1 aromatic heterocycles. The Morgan fingerprint density at radius 1 is 1.20 bits per heavy atom. The van der Waals surface area contributed by atoms with Gasteiger partial charge in [0.2, 0.25) is 0 Å². The van der Waals surface area contributed by atoms with E-state index in [1.54, 1.807) is 12.1 Å². The third-order valence-corrected chi connectivity index (χ3v) is 4.44. The largest absolute Gasteiger partial charge is 0.396 e. The minimum atomic E-state index is -4.21. The van der Waals surface area contributed by atoms with E-state index in [2.05, 4.69) is 4.98 Å². The minimum absolute atomic E-state index is 0.106. The molecule has 2 aromatic rings. The molecule has 0 aliphatic rings. The number of anilines is 2. The molecule has 1 heterocycles. The standard InChI is InChI=1S/C12H11F2N3O2S/c1-17(12-4-2-3-5-16-12)20(18,19)11-7-10(15)8(13)6-9(11)14/h2-7H,15H2,1H3. The Kier molecular flexibility index (Phi) is 3.58. The molecule has 0 amide bonds. The molecule has 0 aliphatic heterocycles. The zero-order chi connectivity index (χ0) is 14.9. The Labute approximate surface area is 114 Å². The summed E-state index contributed by atoms with van der Waals surface area (Å²) in [5, 5.41) is 0. The fourth-order valence-corrected chi connectivity index (χ4v) is 2.78. The lowest BCUT2D eigenvalue weighted by Crippen LogP contribution is -2.28. The van der Waals surface area contributed by atoms with Crippen LogP contribution in [0.25, 0.3) is 0 Å². The van der Waals surface area contributed by atoms with Crippen LogP contribution >= 0.6 is 0 Å². The summed E-state index contributed by atoms with van der Waals surface area (Å²) in [6.45, 7) is 0. The zero-order valence-corrected chi connectivity index (χ0v) is 11.2. The summed E-state index contributed by atoms with van der Waals surface area (Å²) in [4.78, 5) is 3.15. The van der Waals surface area contributed by atoms with Gasteiger partial charge in [-0.1, -0.05) is 6.07 Å². The van der Waals surface area contributed by atoms with Crippen LogP contribution in [0.3, 0.4) is 0 Å². The molecule has 106 valence electrons. The molecular formula is C12H11F2N3O2S. The van der Waals surface area contributed by atoms with Gasteiger partial charge in [0.05, 0.1) is 5.69 Å². The third-order valence-electron chi connectivity index (χ3n) is 2.66. The maximum absolute atomic E-state index is 13.7. The number of aromatic nitrogens is 1. The van der Waals surface area contributed by atoms with Crippen LogP contribution in [0.4, 0.5) is 20.3 Å². The fraction of sp³-hybridized carbons (Fsp3) is 0.0833. The van der Waals surface area contributed by atoms with Crippen LogP contribution in [-0.2, 0) is 10.0 Å². The first kappa shape index (κ1) is 14.2. The van der Waals surface area contributed by atoms with Crippen molar-refractivity contribution in [3.63, 3.8) is 0 Å². The molecule has 0 bridgehead atoms. The van der Waals surface area contributed by atoms with Crippen molar-refractivity contribution in [2.24, 2.45) is 0 Å². The molecule has 8 heteroatoms. The normalized spacial score (nSPS) is 11.3. The number of hydrogen-bond acceptors (Lipinski definition) is 4. The van der Waals surface area contributed by atoms with Gasteiger partial charge in [-0.25, -0.2) is 22.2 Å². The second-order valence-corrected chi connectivity index (χ2v) is 5.90. The molecule has 0 spiro atoms. The van der Waals surface area contributed by atoms with Crippen LogP contribution < -0.4 is 10.0 Å². The van der Waals surface area contributed by atoms with Crippen molar-refractivity contribution >= 4 is 21.5 Å². The van der Waals surface area contributed by atoms with E-state index >= 15 is 0 Å². The molecule has 0 atom stereocenters. The average molecular weight is 299 g/mol. The van der Waals surface area contributed by atoms with E-state index in [9.17, 15) is 17.2 Å². The lowest BCUT2D eigenvalue weighted by atomic mass is 10.3. The molecule has 2 N–H and O–H groups in total. The SMILES string of the molecule is CN(c1ccccn1)S(=O)(=O)c1cc(N)c(F)cc1F. The summed E-state index contributed by atoms with van der Waals surface area (Å²) in [5.41, 5.74) is 4.84. The van der Waals surface area contributed by atoms with E-state index in [0.29, 0.717) is 6.07 Å². The summed E-state index contributed by atoms with van der Waals surface area (Å²) >= 11 is 0. The van der Waals surface area contributed by atoms with Crippen LogP contribution in [0, 0.1) is 11.6 Å². The lowest BCUT2D eigenvalue weighted by Gasteiger charge is -2.18. The topological polar surface area (TPSA) is 76.3 Å². The Morgan fingerprint density at radius 2 is 1.90 bits per heavy atom. The second kappa shape index (κ2) is 5.04. The first-order valence-electron chi connectivity index (χ1n) is 5.48. The number of sulfonamides is 1. The molecule has 2 rings (SSSR count). The van der Waals surface area contributed by atoms with Crippen LogP contribution in [0.1, 0.15) is 0 Å². The van der Waals surface area contributed by atoms with Gasteiger partial charge in [-0.15, -0.1) is 0 Å². The third kappa shape index (κ3) is 2.42. The van der Waals surface area contributed by atoms with E-state index in [1.807, 2.05) is 0 Å². The molecule has 0 saturated heterocycles. The van der Waals surface area contributed by atoms with Crippen molar-refractivity contribution < 1.29 is 17.2 Å². The van der Waals surface area contributed by atoms with Crippen molar-refractivity contribution in [1.82, 2.24) is 4.98 Å². The number of pyridine rings is 1. The van der Waals surface area contributed by atoms with Crippen LogP contribution in [0.15, 0.2) is 41.4 Å². The Bertz CT molecular complexity index is 736. The summed E-state index contributed by atoms with van der Waals surface area (Å²) < 4.78 is 52.1.